The number of sulfonamides is 1. The van der Waals surface area contributed by atoms with Gasteiger partial charge in [-0.3, -0.25) is 14.6 Å². The van der Waals surface area contributed by atoms with Crippen LogP contribution < -0.4 is 25.8 Å². The molecule has 0 aromatic heterocycles. The van der Waals surface area contributed by atoms with Crippen molar-refractivity contribution < 1.29 is 22.7 Å². The summed E-state index contributed by atoms with van der Waals surface area (Å²) >= 11 is 0. The Morgan fingerprint density at radius 1 is 1.02 bits per heavy atom. The third-order valence-electron chi connectivity index (χ3n) is 8.92. The van der Waals surface area contributed by atoms with Crippen molar-refractivity contribution in [1.82, 2.24) is 20.3 Å². The molecule has 1 fully saturated rings. The quantitative estimate of drug-likeness (QED) is 0.136. The minimum absolute atomic E-state index is 0.0786. The maximum atomic E-state index is 13.7. The number of rotatable bonds is 14. The number of fused-ring (bicyclic) bond motifs is 1. The fourth-order valence-corrected chi connectivity index (χ4v) is 7.87. The van der Waals surface area contributed by atoms with Gasteiger partial charge in [0.25, 0.3) is 10.0 Å². The van der Waals surface area contributed by atoms with Crippen LogP contribution in [0.2, 0.25) is 0 Å². The zero-order chi connectivity index (χ0) is 33.4. The van der Waals surface area contributed by atoms with E-state index in [4.69, 9.17) is 10.5 Å². The molecule has 3 rings (SSSR count). The fraction of sp³-hybridized carbons (Fsp3) is 0.727. The first-order valence-electron chi connectivity index (χ1n) is 16.5. The highest BCUT2D eigenvalue weighted by Crippen LogP contribution is 2.43. The second-order valence-electron chi connectivity index (χ2n) is 13.6. The molecule has 0 spiro atoms. The number of hydrogen-bond acceptors (Lipinski definition) is 7. The van der Waals surface area contributed by atoms with Crippen molar-refractivity contribution >= 4 is 27.8 Å². The highest BCUT2D eigenvalue weighted by Gasteiger charge is 2.37. The number of carbonyl (C=O) groups is 2. The van der Waals surface area contributed by atoms with E-state index < -0.39 is 16.1 Å². The third-order valence-corrected chi connectivity index (χ3v) is 10.5. The monoisotopic (exact) mass is 648 g/mol. The van der Waals surface area contributed by atoms with Gasteiger partial charge in [0.2, 0.25) is 17.8 Å². The van der Waals surface area contributed by atoms with Crippen molar-refractivity contribution in [2.75, 3.05) is 33.7 Å². The highest BCUT2D eigenvalue weighted by atomic mass is 32.2. The SMILES string of the molecule is Cc1c(C)c(S(=O)(=O)NC(=NCCC[C@H](N)C(=O)NCCCCC(=O)NCC2CCCCC2)N(C)C)c(C)c2c1OC(C)(C)C2. The van der Waals surface area contributed by atoms with E-state index in [-0.39, 0.29) is 28.3 Å². The maximum Gasteiger partial charge on any atom is 0.264 e. The zero-order valence-electron chi connectivity index (χ0n) is 28.5. The average Bonchev–Trinajstić information content (AvgIpc) is 3.32. The summed E-state index contributed by atoms with van der Waals surface area (Å²) in [6.07, 6.45) is 9.68. The summed E-state index contributed by atoms with van der Waals surface area (Å²) in [5, 5.41) is 5.91. The Hall–Kier alpha value is -2.86. The van der Waals surface area contributed by atoms with E-state index in [1.807, 2.05) is 27.7 Å². The van der Waals surface area contributed by atoms with Crippen LogP contribution in [0, 0.1) is 26.7 Å². The molecule has 2 amide bonds. The first-order chi connectivity index (χ1) is 21.1. The van der Waals surface area contributed by atoms with Crippen molar-refractivity contribution in [1.29, 1.82) is 0 Å². The van der Waals surface area contributed by atoms with Gasteiger partial charge in [-0.05, 0) is 95.8 Å². The predicted octanol–water partition coefficient (Wildman–Crippen LogP) is 3.61. The minimum atomic E-state index is -3.94. The normalized spacial score (nSPS) is 17.3. The van der Waals surface area contributed by atoms with Crippen molar-refractivity contribution in [3.05, 3.63) is 22.3 Å². The number of carbonyl (C=O) groups excluding carboxylic acids is 2. The van der Waals surface area contributed by atoms with Crippen LogP contribution in [0.15, 0.2) is 9.89 Å². The van der Waals surface area contributed by atoms with Crippen LogP contribution in [-0.4, -0.2) is 76.5 Å². The molecule has 12 heteroatoms. The number of benzene rings is 1. The van der Waals surface area contributed by atoms with Crippen LogP contribution in [0.5, 0.6) is 5.75 Å². The Balaban J connectivity index is 1.43. The smallest absolute Gasteiger partial charge is 0.264 e. The van der Waals surface area contributed by atoms with Gasteiger partial charge < -0.3 is 26.0 Å². The maximum absolute atomic E-state index is 13.7. The largest absolute Gasteiger partial charge is 0.487 e. The van der Waals surface area contributed by atoms with Gasteiger partial charge in [0.1, 0.15) is 11.4 Å². The molecule has 1 aromatic carbocycles. The van der Waals surface area contributed by atoms with E-state index in [1.54, 1.807) is 25.9 Å². The van der Waals surface area contributed by atoms with E-state index >= 15 is 0 Å². The van der Waals surface area contributed by atoms with E-state index in [1.165, 1.54) is 32.1 Å². The van der Waals surface area contributed by atoms with Crippen LogP contribution in [0.4, 0.5) is 0 Å². The second-order valence-corrected chi connectivity index (χ2v) is 15.2. The molecule has 1 atom stereocenters. The summed E-state index contributed by atoms with van der Waals surface area (Å²) in [7, 11) is -0.481. The molecule has 0 saturated heterocycles. The third kappa shape index (κ3) is 10.3. The van der Waals surface area contributed by atoms with E-state index in [0.29, 0.717) is 68.7 Å². The Labute approximate surface area is 270 Å². The van der Waals surface area contributed by atoms with Crippen molar-refractivity contribution in [2.24, 2.45) is 16.6 Å². The van der Waals surface area contributed by atoms with Crippen LogP contribution in [0.3, 0.4) is 0 Å². The molecule has 1 aromatic rings. The van der Waals surface area contributed by atoms with Crippen LogP contribution in [0.1, 0.15) is 100 Å². The van der Waals surface area contributed by atoms with E-state index in [2.05, 4.69) is 20.3 Å². The number of nitrogens with two attached hydrogens (primary N) is 1. The number of unbranched alkanes of at least 4 members (excludes halogenated alkanes) is 1. The Morgan fingerprint density at radius 3 is 2.38 bits per heavy atom. The Bertz CT molecular complexity index is 1340. The lowest BCUT2D eigenvalue weighted by atomic mass is 9.89. The molecule has 254 valence electrons. The van der Waals surface area contributed by atoms with E-state index in [9.17, 15) is 18.0 Å². The van der Waals surface area contributed by atoms with Gasteiger partial charge in [-0.15, -0.1) is 0 Å². The number of guanidine groups is 1. The summed E-state index contributed by atoms with van der Waals surface area (Å²) in [6, 6.07) is -0.690. The summed E-state index contributed by atoms with van der Waals surface area (Å²) < 4.78 is 36.1. The Kier molecular flexibility index (Phi) is 13.1. The van der Waals surface area contributed by atoms with Crippen molar-refractivity contribution in [2.45, 2.75) is 122 Å². The molecule has 11 nitrogen and oxygen atoms in total. The first-order valence-corrected chi connectivity index (χ1v) is 18.0. The topological polar surface area (TPSA) is 155 Å². The summed E-state index contributed by atoms with van der Waals surface area (Å²) in [4.78, 5) is 30.9. The molecule has 0 radical (unpaired) electrons. The van der Waals surface area contributed by atoms with Gasteiger partial charge >= 0.3 is 0 Å². The average molecular weight is 649 g/mol. The highest BCUT2D eigenvalue weighted by molar-refractivity contribution is 7.90. The summed E-state index contributed by atoms with van der Waals surface area (Å²) in [5.74, 6) is 1.45. The molecule has 1 saturated carbocycles. The molecule has 5 N–H and O–H groups in total. The standard InChI is InChI=1S/C33H56N6O5S/c1-22-23(2)30(24(3)26-20-33(4,5)44-29(22)26)45(42,43)38-32(39(6)7)36-19-13-16-27(34)31(41)35-18-12-11-17-28(40)37-21-25-14-9-8-10-15-25/h25,27H,8-21,34H2,1-7H3,(H,35,41)(H,36,38)(H,37,40)/t27-/m0/s1. The van der Waals surface area contributed by atoms with Crippen LogP contribution >= 0.6 is 0 Å². The van der Waals surface area contributed by atoms with Gasteiger partial charge in [-0.2, -0.15) is 0 Å². The molecule has 0 unspecified atom stereocenters. The van der Waals surface area contributed by atoms with Gasteiger partial charge in [0.15, 0.2) is 0 Å². The van der Waals surface area contributed by atoms with E-state index in [0.717, 1.165) is 23.4 Å². The van der Waals surface area contributed by atoms with Gasteiger partial charge in [-0.25, -0.2) is 13.1 Å². The molecule has 1 heterocycles. The number of ether oxygens (including phenoxy) is 1. The summed E-state index contributed by atoms with van der Waals surface area (Å²) in [6.45, 7) is 11.1. The number of aliphatic imine (C=N–C) groups is 1. The van der Waals surface area contributed by atoms with Gasteiger partial charge in [0, 0.05) is 52.1 Å². The number of nitrogens with zero attached hydrogens (tertiary/aromatic N) is 2. The van der Waals surface area contributed by atoms with Crippen LogP contribution in [-0.2, 0) is 26.0 Å². The lowest BCUT2D eigenvalue weighted by molar-refractivity contribution is -0.122. The lowest BCUT2D eigenvalue weighted by Gasteiger charge is -2.22. The molecular formula is C33H56N6O5S. The summed E-state index contributed by atoms with van der Waals surface area (Å²) in [5.41, 5.74) is 8.81. The van der Waals surface area contributed by atoms with Gasteiger partial charge in [-0.1, -0.05) is 19.3 Å². The molecule has 2 aliphatic rings. The fourth-order valence-electron chi connectivity index (χ4n) is 6.20. The number of amides is 2. The zero-order valence-corrected chi connectivity index (χ0v) is 29.3. The van der Waals surface area contributed by atoms with Crippen molar-refractivity contribution in [3.8, 4) is 5.75 Å². The molecule has 1 aliphatic heterocycles. The number of nitrogens with one attached hydrogen (secondary N) is 3. The van der Waals surface area contributed by atoms with Crippen molar-refractivity contribution in [3.63, 3.8) is 0 Å². The Morgan fingerprint density at radius 2 is 1.71 bits per heavy atom. The molecule has 45 heavy (non-hydrogen) atoms. The van der Waals surface area contributed by atoms with Gasteiger partial charge in [0.05, 0.1) is 10.9 Å². The number of hydrogen-bond donors (Lipinski definition) is 4. The van der Waals surface area contributed by atoms with Crippen LogP contribution in [0.25, 0.3) is 0 Å². The first kappa shape index (κ1) is 36.6. The second kappa shape index (κ2) is 16.1. The lowest BCUT2D eigenvalue weighted by Crippen LogP contribution is -2.41. The molecular weight excluding hydrogens is 592 g/mol. The predicted molar refractivity (Wildman–Crippen MR) is 179 cm³/mol. The molecule has 0 bridgehead atoms. The minimum Gasteiger partial charge on any atom is -0.487 e. The molecule has 1 aliphatic carbocycles.